The smallest absolute Gasteiger partial charge is 0.198 e. The number of nitrogens with zero attached hydrogens (tertiary/aromatic N) is 4. The number of H-pyrrole nitrogens is 1. The summed E-state index contributed by atoms with van der Waals surface area (Å²) in [5.41, 5.74) is 9.55. The van der Waals surface area contributed by atoms with Gasteiger partial charge in [0, 0.05) is 31.1 Å². The molecule has 1 saturated carbocycles. The normalized spacial score (nSPS) is 22.0. The van der Waals surface area contributed by atoms with Crippen LogP contribution in [-0.4, -0.2) is 45.6 Å². The SMILES string of the molecule is CNc1cc(F)cc2c1[nH]c1nc(Sc3nc4ccccc4s3)nc(N3CC4CC3CC4N)c12. The van der Waals surface area contributed by atoms with Crippen molar-refractivity contribution in [1.29, 1.82) is 0 Å². The second-order valence-electron chi connectivity index (χ2n) is 9.06. The molecule has 7 rings (SSSR count). The third kappa shape index (κ3) is 3.09. The highest BCUT2D eigenvalue weighted by Crippen LogP contribution is 2.44. The number of halogens is 1. The van der Waals surface area contributed by atoms with Crippen LogP contribution in [0.15, 0.2) is 45.9 Å². The molecular formula is C24H22FN7S2. The van der Waals surface area contributed by atoms with Crippen molar-refractivity contribution in [2.75, 3.05) is 23.8 Å². The van der Waals surface area contributed by atoms with Crippen LogP contribution in [0.25, 0.3) is 32.2 Å². The zero-order valence-electron chi connectivity index (χ0n) is 18.4. The molecule has 1 aliphatic heterocycles. The summed E-state index contributed by atoms with van der Waals surface area (Å²) in [5.74, 6) is 1.03. The zero-order chi connectivity index (χ0) is 23.0. The van der Waals surface area contributed by atoms with Gasteiger partial charge in [0.25, 0.3) is 0 Å². The summed E-state index contributed by atoms with van der Waals surface area (Å²) in [6.45, 7) is 0.865. The second kappa shape index (κ2) is 7.53. The predicted molar refractivity (Wildman–Crippen MR) is 136 cm³/mol. The summed E-state index contributed by atoms with van der Waals surface area (Å²) in [6.07, 6.45) is 2.03. The zero-order valence-corrected chi connectivity index (χ0v) is 20.0. The van der Waals surface area contributed by atoms with Crippen molar-refractivity contribution in [3.8, 4) is 0 Å². The lowest BCUT2D eigenvalue weighted by Gasteiger charge is -2.31. The van der Waals surface area contributed by atoms with Crippen LogP contribution < -0.4 is 16.0 Å². The van der Waals surface area contributed by atoms with E-state index < -0.39 is 0 Å². The van der Waals surface area contributed by atoms with Gasteiger partial charge in [-0.3, -0.25) is 0 Å². The highest BCUT2D eigenvalue weighted by atomic mass is 32.2. The fourth-order valence-corrected chi connectivity index (χ4v) is 7.43. The van der Waals surface area contributed by atoms with Crippen LogP contribution in [0.2, 0.25) is 0 Å². The van der Waals surface area contributed by atoms with E-state index >= 15 is 0 Å². The summed E-state index contributed by atoms with van der Waals surface area (Å²) < 4.78 is 16.6. The van der Waals surface area contributed by atoms with Crippen molar-refractivity contribution in [2.45, 2.75) is 34.4 Å². The van der Waals surface area contributed by atoms with Crippen LogP contribution in [0.5, 0.6) is 0 Å². The lowest BCUT2D eigenvalue weighted by molar-refractivity contribution is 0.471. The van der Waals surface area contributed by atoms with Gasteiger partial charge in [-0.25, -0.2) is 19.3 Å². The van der Waals surface area contributed by atoms with Crippen LogP contribution in [0, 0.1) is 11.7 Å². The Labute approximate surface area is 203 Å². The van der Waals surface area contributed by atoms with Crippen LogP contribution in [0.3, 0.4) is 0 Å². The molecule has 7 nitrogen and oxygen atoms in total. The number of aromatic amines is 1. The number of rotatable bonds is 4. The number of piperidine rings is 1. The van der Waals surface area contributed by atoms with E-state index in [0.29, 0.717) is 28.5 Å². The van der Waals surface area contributed by atoms with Gasteiger partial charge in [0.1, 0.15) is 17.3 Å². The maximum atomic E-state index is 14.5. The highest BCUT2D eigenvalue weighted by molar-refractivity contribution is 8.01. The lowest BCUT2D eigenvalue weighted by Crippen LogP contribution is -2.41. The standard InChI is InChI=1S/C24H22FN7S2/c1-27-17-8-12(25)7-14-19-21(29-20(14)17)30-23(34-24-28-16-4-2-3-5-18(16)33-24)31-22(19)32-10-11-6-13(32)9-15(11)26/h2-5,7-8,11,13,15,27H,6,9-10,26H2,1H3,(H,29,30,31). The first kappa shape index (κ1) is 20.4. The Morgan fingerprint density at radius 1 is 1.21 bits per heavy atom. The fraction of sp³-hybridized carbons (Fsp3) is 0.292. The molecule has 1 aliphatic carbocycles. The number of hydrogen-bond acceptors (Lipinski definition) is 8. The summed E-state index contributed by atoms with van der Waals surface area (Å²) >= 11 is 3.10. The van der Waals surface area contributed by atoms with Crippen molar-refractivity contribution in [1.82, 2.24) is 19.9 Å². The van der Waals surface area contributed by atoms with Crippen LogP contribution >= 0.6 is 23.1 Å². The van der Waals surface area contributed by atoms with Crippen LogP contribution in [0.1, 0.15) is 12.8 Å². The molecule has 1 saturated heterocycles. The molecule has 3 aromatic heterocycles. The number of aromatic nitrogens is 4. The third-order valence-corrected chi connectivity index (χ3v) is 9.04. The van der Waals surface area contributed by atoms with E-state index in [9.17, 15) is 4.39 Å². The van der Waals surface area contributed by atoms with E-state index in [-0.39, 0.29) is 11.9 Å². The fourth-order valence-electron chi connectivity index (χ4n) is 5.50. The Morgan fingerprint density at radius 2 is 2.09 bits per heavy atom. The predicted octanol–water partition coefficient (Wildman–Crippen LogP) is 4.98. The van der Waals surface area contributed by atoms with Gasteiger partial charge in [0.05, 0.1) is 26.8 Å². The Bertz CT molecular complexity index is 1540. The quantitative estimate of drug-likeness (QED) is 0.305. The van der Waals surface area contributed by atoms with Crippen molar-refractivity contribution < 1.29 is 4.39 Å². The molecule has 0 spiro atoms. The number of hydrogen-bond donors (Lipinski definition) is 3. The van der Waals surface area contributed by atoms with E-state index in [0.717, 1.165) is 56.0 Å². The van der Waals surface area contributed by atoms with Gasteiger partial charge >= 0.3 is 0 Å². The molecule has 2 aromatic carbocycles. The summed E-state index contributed by atoms with van der Waals surface area (Å²) in [7, 11) is 1.79. The molecule has 10 heteroatoms. The molecule has 2 bridgehead atoms. The molecule has 34 heavy (non-hydrogen) atoms. The molecule has 3 unspecified atom stereocenters. The molecule has 4 N–H and O–H groups in total. The molecule has 172 valence electrons. The Hall–Kier alpha value is -2.95. The Balaban J connectivity index is 1.42. The van der Waals surface area contributed by atoms with Crippen molar-refractivity contribution in [2.24, 2.45) is 11.7 Å². The topological polar surface area (TPSA) is 95.8 Å². The minimum Gasteiger partial charge on any atom is -0.386 e. The number of para-hydroxylation sites is 1. The Morgan fingerprint density at radius 3 is 2.85 bits per heavy atom. The van der Waals surface area contributed by atoms with Crippen LogP contribution in [-0.2, 0) is 0 Å². The van der Waals surface area contributed by atoms with Gasteiger partial charge in [0.2, 0.25) is 0 Å². The summed E-state index contributed by atoms with van der Waals surface area (Å²) in [6, 6.07) is 11.8. The number of anilines is 2. The number of nitrogens with two attached hydrogens (primary N) is 1. The van der Waals surface area contributed by atoms with Crippen molar-refractivity contribution in [3.05, 3.63) is 42.2 Å². The van der Waals surface area contributed by atoms with Gasteiger partial charge in [-0.15, -0.1) is 11.3 Å². The van der Waals surface area contributed by atoms with Gasteiger partial charge < -0.3 is 20.9 Å². The first-order valence-corrected chi connectivity index (χ1v) is 13.0. The molecule has 3 atom stereocenters. The maximum absolute atomic E-state index is 14.5. The second-order valence-corrected chi connectivity index (χ2v) is 11.3. The summed E-state index contributed by atoms with van der Waals surface area (Å²) in [4.78, 5) is 20.4. The van der Waals surface area contributed by atoms with E-state index in [4.69, 9.17) is 20.7 Å². The van der Waals surface area contributed by atoms with E-state index in [1.807, 2.05) is 18.2 Å². The number of benzene rings is 2. The molecule has 2 fully saturated rings. The molecular weight excluding hydrogens is 469 g/mol. The van der Waals surface area contributed by atoms with Gasteiger partial charge in [0.15, 0.2) is 9.50 Å². The molecule has 0 amide bonds. The average Bonchev–Trinajstić information content (AvgIpc) is 3.58. The minimum absolute atomic E-state index is 0.242. The first-order valence-electron chi connectivity index (χ1n) is 11.3. The van der Waals surface area contributed by atoms with Gasteiger partial charge in [-0.05, 0) is 54.8 Å². The van der Waals surface area contributed by atoms with Gasteiger partial charge in [-0.1, -0.05) is 12.1 Å². The van der Waals surface area contributed by atoms with Crippen molar-refractivity contribution >= 4 is 66.8 Å². The molecule has 5 aromatic rings. The number of fused-ring (bicyclic) bond motifs is 6. The van der Waals surface area contributed by atoms with Crippen LogP contribution in [0.4, 0.5) is 15.9 Å². The largest absolute Gasteiger partial charge is 0.386 e. The lowest BCUT2D eigenvalue weighted by atomic mass is 10.0. The number of thiazole rings is 1. The number of nitrogens with one attached hydrogen (secondary N) is 2. The minimum atomic E-state index is -0.290. The van der Waals surface area contributed by atoms with E-state index in [1.165, 1.54) is 17.8 Å². The van der Waals surface area contributed by atoms with Crippen molar-refractivity contribution in [3.63, 3.8) is 0 Å². The van der Waals surface area contributed by atoms with E-state index in [1.54, 1.807) is 24.5 Å². The molecule has 4 heterocycles. The maximum Gasteiger partial charge on any atom is 0.198 e. The molecule has 2 aliphatic rings. The summed E-state index contributed by atoms with van der Waals surface area (Å²) in [5, 5.41) is 5.38. The third-order valence-electron chi connectivity index (χ3n) is 7.08. The Kier molecular flexibility index (Phi) is 4.52. The van der Waals surface area contributed by atoms with E-state index in [2.05, 4.69) is 21.3 Å². The van der Waals surface area contributed by atoms with Gasteiger partial charge in [-0.2, -0.15) is 0 Å². The monoisotopic (exact) mass is 491 g/mol. The first-order chi connectivity index (χ1) is 16.6. The average molecular weight is 492 g/mol. The molecule has 0 radical (unpaired) electrons. The highest BCUT2D eigenvalue weighted by Gasteiger charge is 2.44.